The van der Waals surface area contributed by atoms with Crippen molar-refractivity contribution in [2.24, 2.45) is 5.92 Å². The van der Waals surface area contributed by atoms with Gasteiger partial charge < -0.3 is 14.5 Å². The highest BCUT2D eigenvalue weighted by atomic mass is 35.5. The summed E-state index contributed by atoms with van der Waals surface area (Å²) in [5, 5.41) is 3.18. The van der Waals surface area contributed by atoms with Crippen molar-refractivity contribution in [2.45, 2.75) is 64.3 Å². The lowest BCUT2D eigenvalue weighted by atomic mass is 9.93. The van der Waals surface area contributed by atoms with Crippen LogP contribution < -0.4 is 0 Å². The number of ether oxygens (including phenoxy) is 1. The second kappa shape index (κ2) is 13.3. The number of carbonyl (C=O) groups is 2. The van der Waals surface area contributed by atoms with E-state index in [1.807, 2.05) is 24.0 Å². The molecule has 1 aromatic heterocycles. The van der Waals surface area contributed by atoms with Crippen LogP contribution in [0.3, 0.4) is 0 Å². The van der Waals surface area contributed by atoms with Crippen LogP contribution in [0.1, 0.15) is 73.9 Å². The van der Waals surface area contributed by atoms with Gasteiger partial charge in [-0.1, -0.05) is 55.0 Å². The lowest BCUT2D eigenvalue weighted by Crippen LogP contribution is -2.47. The molecule has 1 aliphatic heterocycles. The molecular formula is C28H36Cl2N2O3S. The Morgan fingerprint density at radius 1 is 1.17 bits per heavy atom. The zero-order valence-electron chi connectivity index (χ0n) is 21.0. The second-order valence-corrected chi connectivity index (χ2v) is 11.6. The van der Waals surface area contributed by atoms with E-state index in [1.165, 1.54) is 30.6 Å². The maximum Gasteiger partial charge on any atom is 0.242 e. The summed E-state index contributed by atoms with van der Waals surface area (Å²) in [5.41, 5.74) is 1.98. The van der Waals surface area contributed by atoms with Crippen LogP contribution in [-0.4, -0.2) is 54.5 Å². The first-order valence-corrected chi connectivity index (χ1v) is 14.8. The van der Waals surface area contributed by atoms with E-state index in [0.717, 1.165) is 30.4 Å². The zero-order valence-corrected chi connectivity index (χ0v) is 23.3. The van der Waals surface area contributed by atoms with E-state index >= 15 is 0 Å². The largest absolute Gasteiger partial charge is 0.382 e. The number of nitrogens with zero attached hydrogens (tertiary/aromatic N) is 2. The molecule has 0 N–H and O–H groups in total. The lowest BCUT2D eigenvalue weighted by Gasteiger charge is -2.38. The monoisotopic (exact) mass is 550 g/mol. The van der Waals surface area contributed by atoms with E-state index in [0.29, 0.717) is 48.7 Å². The molecule has 1 aliphatic carbocycles. The molecule has 0 saturated heterocycles. The van der Waals surface area contributed by atoms with Gasteiger partial charge in [-0.15, -0.1) is 11.3 Å². The fraction of sp³-hybridized carbons (Fsp3) is 0.571. The average molecular weight is 552 g/mol. The molecule has 2 heterocycles. The summed E-state index contributed by atoms with van der Waals surface area (Å²) < 4.78 is 5.50. The van der Waals surface area contributed by atoms with Crippen LogP contribution in [0.25, 0.3) is 0 Å². The molecule has 1 aromatic carbocycles. The number of thiophene rings is 1. The first-order valence-electron chi connectivity index (χ1n) is 13.1. The molecule has 1 saturated carbocycles. The molecule has 2 aromatic rings. The Morgan fingerprint density at radius 3 is 2.72 bits per heavy atom. The molecule has 196 valence electrons. The van der Waals surface area contributed by atoms with Crippen LogP contribution >= 0.6 is 34.5 Å². The van der Waals surface area contributed by atoms with Crippen LogP contribution in [0.15, 0.2) is 29.6 Å². The van der Waals surface area contributed by atoms with Crippen molar-refractivity contribution in [3.63, 3.8) is 0 Å². The molecule has 36 heavy (non-hydrogen) atoms. The van der Waals surface area contributed by atoms with Gasteiger partial charge in [0.2, 0.25) is 11.8 Å². The molecule has 2 amide bonds. The molecule has 2 aliphatic rings. The number of benzene rings is 1. The summed E-state index contributed by atoms with van der Waals surface area (Å²) in [6.07, 6.45) is 7.92. The molecule has 0 spiro atoms. The van der Waals surface area contributed by atoms with E-state index in [4.69, 9.17) is 27.9 Å². The fourth-order valence-electron chi connectivity index (χ4n) is 5.48. The van der Waals surface area contributed by atoms with Gasteiger partial charge in [0.15, 0.2) is 0 Å². The van der Waals surface area contributed by atoms with Gasteiger partial charge in [-0.25, -0.2) is 0 Å². The Morgan fingerprint density at radius 2 is 1.97 bits per heavy atom. The van der Waals surface area contributed by atoms with Gasteiger partial charge in [-0.2, -0.15) is 0 Å². The van der Waals surface area contributed by atoms with Crippen LogP contribution in [0.2, 0.25) is 10.0 Å². The summed E-state index contributed by atoms with van der Waals surface area (Å²) in [7, 11) is 0. The van der Waals surface area contributed by atoms with Crippen LogP contribution in [0.4, 0.5) is 0 Å². The molecule has 5 nitrogen and oxygen atoms in total. The Kier molecular flexibility index (Phi) is 10.1. The number of rotatable bonds is 11. The van der Waals surface area contributed by atoms with Crippen molar-refractivity contribution < 1.29 is 14.3 Å². The minimum Gasteiger partial charge on any atom is -0.382 e. The highest BCUT2D eigenvalue weighted by molar-refractivity contribution is 7.10. The number of hydrogen-bond donors (Lipinski definition) is 0. The molecule has 0 bridgehead atoms. The predicted molar refractivity (Wildman–Crippen MR) is 147 cm³/mol. The Bertz CT molecular complexity index is 1040. The topological polar surface area (TPSA) is 49.9 Å². The molecule has 4 rings (SSSR count). The zero-order chi connectivity index (χ0) is 25.5. The second-order valence-electron chi connectivity index (χ2n) is 9.76. The van der Waals surface area contributed by atoms with Gasteiger partial charge in [0.25, 0.3) is 0 Å². The van der Waals surface area contributed by atoms with Crippen molar-refractivity contribution in [1.29, 1.82) is 0 Å². The minimum atomic E-state index is -0.281. The van der Waals surface area contributed by atoms with Crippen molar-refractivity contribution in [1.82, 2.24) is 9.80 Å². The van der Waals surface area contributed by atoms with E-state index in [-0.39, 0.29) is 24.4 Å². The predicted octanol–water partition coefficient (Wildman–Crippen LogP) is 6.75. The van der Waals surface area contributed by atoms with E-state index in [1.54, 1.807) is 22.3 Å². The van der Waals surface area contributed by atoms with E-state index in [9.17, 15) is 9.59 Å². The summed E-state index contributed by atoms with van der Waals surface area (Å²) in [5.74, 6) is 0.667. The highest BCUT2D eigenvalue weighted by Gasteiger charge is 2.35. The van der Waals surface area contributed by atoms with Gasteiger partial charge in [-0.3, -0.25) is 9.59 Å². The quantitative estimate of drug-likeness (QED) is 0.290. The van der Waals surface area contributed by atoms with Gasteiger partial charge in [0, 0.05) is 47.6 Å². The van der Waals surface area contributed by atoms with E-state index in [2.05, 4.69) is 11.4 Å². The Labute approximate surface area is 228 Å². The van der Waals surface area contributed by atoms with Crippen molar-refractivity contribution in [3.8, 4) is 0 Å². The number of amides is 2. The number of fused-ring (bicyclic) bond motifs is 1. The maximum absolute atomic E-state index is 13.8. The normalized spacial score (nSPS) is 17.9. The van der Waals surface area contributed by atoms with Crippen molar-refractivity contribution in [2.75, 3.05) is 32.8 Å². The summed E-state index contributed by atoms with van der Waals surface area (Å²) in [6.45, 7) is 4.40. The standard InChI is InChI=1S/C28H36Cl2N2O3S/c1-2-35-16-5-14-31(26(33)11-8-20-6-3-4-7-20)19-27(34)32-15-12-25-23(13-17-36-25)28(32)22-10-9-21(29)18-24(22)30/h9-10,13,17-18,20,28H,2-8,11-12,14-16,19H2,1H3. The molecular weight excluding hydrogens is 515 g/mol. The number of halogens is 2. The first-order chi connectivity index (χ1) is 17.5. The number of hydrogen-bond acceptors (Lipinski definition) is 4. The van der Waals surface area contributed by atoms with Gasteiger partial charge in [0.1, 0.15) is 0 Å². The third-order valence-corrected chi connectivity index (χ3v) is 8.94. The lowest BCUT2D eigenvalue weighted by molar-refractivity contribution is -0.142. The fourth-order valence-corrected chi connectivity index (χ4v) is 6.89. The summed E-state index contributed by atoms with van der Waals surface area (Å²) in [6, 6.07) is 7.26. The summed E-state index contributed by atoms with van der Waals surface area (Å²) >= 11 is 14.5. The first kappa shape index (κ1) is 27.4. The minimum absolute atomic E-state index is 0.0477. The molecule has 0 radical (unpaired) electrons. The Balaban J connectivity index is 1.51. The summed E-state index contributed by atoms with van der Waals surface area (Å²) in [4.78, 5) is 32.0. The average Bonchev–Trinajstić information content (AvgIpc) is 3.56. The van der Waals surface area contributed by atoms with Crippen LogP contribution in [0, 0.1) is 5.92 Å². The molecule has 1 fully saturated rings. The van der Waals surface area contributed by atoms with Crippen molar-refractivity contribution >= 4 is 46.4 Å². The van der Waals surface area contributed by atoms with Gasteiger partial charge in [-0.05, 0) is 66.8 Å². The smallest absolute Gasteiger partial charge is 0.242 e. The third-order valence-electron chi connectivity index (χ3n) is 7.38. The Hall–Kier alpha value is -1.60. The van der Waals surface area contributed by atoms with Crippen LogP contribution in [-0.2, 0) is 20.7 Å². The van der Waals surface area contributed by atoms with Gasteiger partial charge >= 0.3 is 0 Å². The van der Waals surface area contributed by atoms with Crippen molar-refractivity contribution in [3.05, 3.63) is 55.7 Å². The van der Waals surface area contributed by atoms with Gasteiger partial charge in [0.05, 0.1) is 12.6 Å². The number of carbonyl (C=O) groups excluding carboxylic acids is 2. The molecule has 8 heteroatoms. The SMILES string of the molecule is CCOCCCN(CC(=O)N1CCc2sccc2C1c1ccc(Cl)cc1Cl)C(=O)CCC1CCCC1. The maximum atomic E-state index is 13.8. The van der Waals surface area contributed by atoms with Crippen LogP contribution in [0.5, 0.6) is 0 Å². The van der Waals surface area contributed by atoms with E-state index < -0.39 is 0 Å². The molecule has 1 atom stereocenters. The molecule has 1 unspecified atom stereocenters. The highest BCUT2D eigenvalue weighted by Crippen LogP contribution is 2.41. The third kappa shape index (κ3) is 6.83.